The molecule has 0 bridgehead atoms. The van der Waals surface area contributed by atoms with Crippen LogP contribution in [0.3, 0.4) is 0 Å². The molecule has 4 heteroatoms. The van der Waals surface area contributed by atoms with Crippen molar-refractivity contribution < 1.29 is 14.6 Å². The average molecular weight is 189 g/mol. The van der Waals surface area contributed by atoms with Crippen molar-refractivity contribution in [3.8, 4) is 0 Å². The SMILES string of the molecule is CC(C)(C)OC=O.O[C@@H]1CCNC1. The summed E-state index contributed by atoms with van der Waals surface area (Å²) in [6.07, 6.45) is 0.866. The largest absolute Gasteiger partial charge is 0.462 e. The van der Waals surface area contributed by atoms with E-state index in [1.165, 1.54) is 0 Å². The van der Waals surface area contributed by atoms with Crippen LogP contribution in [0, 0.1) is 0 Å². The molecule has 0 aliphatic carbocycles. The molecule has 1 aliphatic heterocycles. The molecular weight excluding hydrogens is 170 g/mol. The van der Waals surface area contributed by atoms with Crippen molar-refractivity contribution in [3.05, 3.63) is 0 Å². The predicted molar refractivity (Wildman–Crippen MR) is 50.4 cm³/mol. The van der Waals surface area contributed by atoms with Gasteiger partial charge in [0.25, 0.3) is 6.47 Å². The van der Waals surface area contributed by atoms with Crippen LogP contribution in [0.15, 0.2) is 0 Å². The topological polar surface area (TPSA) is 58.6 Å². The molecule has 13 heavy (non-hydrogen) atoms. The number of nitrogens with one attached hydrogen (secondary N) is 1. The molecule has 1 atom stereocenters. The van der Waals surface area contributed by atoms with Gasteiger partial charge in [-0.25, -0.2) is 0 Å². The highest BCUT2D eigenvalue weighted by Crippen LogP contribution is 2.02. The van der Waals surface area contributed by atoms with Gasteiger partial charge in [0.15, 0.2) is 0 Å². The van der Waals surface area contributed by atoms with Crippen LogP contribution in [0.5, 0.6) is 0 Å². The summed E-state index contributed by atoms with van der Waals surface area (Å²) in [7, 11) is 0. The number of rotatable bonds is 1. The van der Waals surface area contributed by atoms with E-state index in [1.807, 2.05) is 20.8 Å². The molecule has 0 unspecified atom stereocenters. The highest BCUT2D eigenvalue weighted by molar-refractivity contribution is 5.37. The fraction of sp³-hybridized carbons (Fsp3) is 0.889. The molecule has 0 aromatic rings. The van der Waals surface area contributed by atoms with Gasteiger partial charge in [0.1, 0.15) is 5.60 Å². The number of carbonyl (C=O) groups excluding carboxylic acids is 1. The number of ether oxygens (including phenoxy) is 1. The lowest BCUT2D eigenvalue weighted by atomic mass is 10.2. The van der Waals surface area contributed by atoms with Crippen LogP contribution >= 0.6 is 0 Å². The molecule has 1 heterocycles. The van der Waals surface area contributed by atoms with E-state index in [9.17, 15) is 4.79 Å². The van der Waals surface area contributed by atoms with Gasteiger partial charge in [0.05, 0.1) is 6.10 Å². The Bertz CT molecular complexity index is 136. The second-order valence-corrected chi connectivity index (χ2v) is 3.97. The lowest BCUT2D eigenvalue weighted by Crippen LogP contribution is -2.17. The molecule has 0 spiro atoms. The van der Waals surface area contributed by atoms with Gasteiger partial charge in [-0.15, -0.1) is 0 Å². The molecule has 1 rings (SSSR count). The summed E-state index contributed by atoms with van der Waals surface area (Å²) < 4.78 is 4.55. The van der Waals surface area contributed by atoms with E-state index in [4.69, 9.17) is 5.11 Å². The number of aliphatic hydroxyl groups excluding tert-OH is 1. The van der Waals surface area contributed by atoms with Crippen LogP contribution in [0.25, 0.3) is 0 Å². The number of β-amino-alcohol motifs (C(OH)–C–C–N with tert-alkyl or cyclic N) is 1. The van der Waals surface area contributed by atoms with Gasteiger partial charge >= 0.3 is 0 Å². The molecule has 4 nitrogen and oxygen atoms in total. The molecule has 0 saturated carbocycles. The van der Waals surface area contributed by atoms with Crippen molar-refractivity contribution in [1.82, 2.24) is 5.32 Å². The number of hydrogen-bond acceptors (Lipinski definition) is 4. The van der Waals surface area contributed by atoms with Crippen molar-refractivity contribution in [2.75, 3.05) is 13.1 Å². The smallest absolute Gasteiger partial charge is 0.293 e. The van der Waals surface area contributed by atoms with Crippen molar-refractivity contribution in [3.63, 3.8) is 0 Å². The van der Waals surface area contributed by atoms with Crippen molar-refractivity contribution in [2.45, 2.75) is 38.9 Å². The fourth-order valence-electron chi connectivity index (χ4n) is 0.784. The van der Waals surface area contributed by atoms with E-state index in [0.29, 0.717) is 6.47 Å². The third-order valence-electron chi connectivity index (χ3n) is 1.44. The number of carbonyl (C=O) groups is 1. The first-order valence-corrected chi connectivity index (χ1v) is 4.46. The summed E-state index contributed by atoms with van der Waals surface area (Å²) in [5, 5.41) is 11.7. The zero-order valence-electron chi connectivity index (χ0n) is 8.54. The summed E-state index contributed by atoms with van der Waals surface area (Å²) in [6.45, 7) is 7.70. The van der Waals surface area contributed by atoms with Gasteiger partial charge in [-0.3, -0.25) is 4.79 Å². The highest BCUT2D eigenvalue weighted by Gasteiger charge is 2.08. The second kappa shape index (κ2) is 5.94. The summed E-state index contributed by atoms with van der Waals surface area (Å²) in [6, 6.07) is 0. The third kappa shape index (κ3) is 9.30. The molecule has 1 fully saturated rings. The summed E-state index contributed by atoms with van der Waals surface area (Å²) in [5.74, 6) is 0. The Morgan fingerprint density at radius 2 is 2.15 bits per heavy atom. The summed E-state index contributed by atoms with van der Waals surface area (Å²) >= 11 is 0. The Morgan fingerprint density at radius 3 is 2.23 bits per heavy atom. The van der Waals surface area contributed by atoms with Crippen molar-refractivity contribution in [1.29, 1.82) is 0 Å². The van der Waals surface area contributed by atoms with Gasteiger partial charge in [-0.05, 0) is 33.7 Å². The Morgan fingerprint density at radius 1 is 1.54 bits per heavy atom. The summed E-state index contributed by atoms with van der Waals surface area (Å²) in [5.41, 5.74) is -0.318. The lowest BCUT2D eigenvalue weighted by molar-refractivity contribution is -0.138. The van der Waals surface area contributed by atoms with Crippen molar-refractivity contribution >= 4 is 6.47 Å². The maximum absolute atomic E-state index is 9.60. The Kier molecular flexibility index (Phi) is 5.66. The van der Waals surface area contributed by atoms with Gasteiger partial charge in [0.2, 0.25) is 0 Å². The van der Waals surface area contributed by atoms with Gasteiger partial charge < -0.3 is 15.2 Å². The zero-order valence-corrected chi connectivity index (χ0v) is 8.54. The van der Waals surface area contributed by atoms with Crippen LogP contribution in [-0.4, -0.2) is 36.4 Å². The quantitative estimate of drug-likeness (QED) is 0.582. The Hall–Kier alpha value is -0.610. The molecule has 2 N–H and O–H groups in total. The highest BCUT2D eigenvalue weighted by atomic mass is 16.5. The van der Waals surface area contributed by atoms with Crippen molar-refractivity contribution in [2.24, 2.45) is 0 Å². The second-order valence-electron chi connectivity index (χ2n) is 3.97. The number of hydrogen-bond donors (Lipinski definition) is 2. The predicted octanol–water partition coefficient (Wildman–Crippen LogP) is 0.299. The Labute approximate surface area is 79.3 Å². The van der Waals surface area contributed by atoms with Gasteiger partial charge in [-0.1, -0.05) is 0 Å². The van der Waals surface area contributed by atoms with Crippen LogP contribution in [0.4, 0.5) is 0 Å². The first-order valence-electron chi connectivity index (χ1n) is 4.46. The number of aliphatic hydroxyl groups is 1. The van der Waals surface area contributed by atoms with E-state index in [1.54, 1.807) is 0 Å². The molecule has 0 amide bonds. The molecule has 0 radical (unpaired) electrons. The molecule has 1 saturated heterocycles. The van der Waals surface area contributed by atoms with E-state index in [-0.39, 0.29) is 11.7 Å². The molecule has 78 valence electrons. The maximum Gasteiger partial charge on any atom is 0.293 e. The van der Waals surface area contributed by atoms with E-state index >= 15 is 0 Å². The minimum absolute atomic E-state index is 0.0648. The minimum atomic E-state index is -0.318. The minimum Gasteiger partial charge on any atom is -0.462 e. The van der Waals surface area contributed by atoms with Crippen LogP contribution in [0.1, 0.15) is 27.2 Å². The Balaban J connectivity index is 0.000000223. The first kappa shape index (κ1) is 12.4. The van der Waals surface area contributed by atoms with E-state index < -0.39 is 0 Å². The van der Waals surface area contributed by atoms with Gasteiger partial charge in [0, 0.05) is 6.54 Å². The maximum atomic E-state index is 9.60. The molecule has 0 aromatic carbocycles. The first-order chi connectivity index (χ1) is 5.95. The van der Waals surface area contributed by atoms with E-state index in [0.717, 1.165) is 19.5 Å². The zero-order chi connectivity index (χ0) is 10.3. The summed E-state index contributed by atoms with van der Waals surface area (Å²) in [4.78, 5) is 9.60. The third-order valence-corrected chi connectivity index (χ3v) is 1.44. The molecule has 0 aromatic heterocycles. The lowest BCUT2D eigenvalue weighted by Gasteiger charge is -2.14. The monoisotopic (exact) mass is 189 g/mol. The average Bonchev–Trinajstić information content (AvgIpc) is 2.38. The fourth-order valence-corrected chi connectivity index (χ4v) is 0.784. The normalized spacial score (nSPS) is 21.7. The van der Waals surface area contributed by atoms with Gasteiger partial charge in [-0.2, -0.15) is 0 Å². The van der Waals surface area contributed by atoms with Crippen LogP contribution in [0.2, 0.25) is 0 Å². The van der Waals surface area contributed by atoms with E-state index in [2.05, 4.69) is 10.1 Å². The van der Waals surface area contributed by atoms with Crippen LogP contribution < -0.4 is 5.32 Å². The molecule has 1 aliphatic rings. The molecular formula is C9H19NO3. The standard InChI is InChI=1S/C5H10O2.C4H9NO/c1-5(2,3)7-4-6;6-4-1-2-5-3-4/h4H,1-3H3;4-6H,1-3H2/t;4-/m.1/s1. The van der Waals surface area contributed by atoms with Crippen LogP contribution in [-0.2, 0) is 9.53 Å².